The molecule has 0 aliphatic rings. The highest BCUT2D eigenvalue weighted by molar-refractivity contribution is 7.13. The van der Waals surface area contributed by atoms with Gasteiger partial charge in [0.2, 0.25) is 0 Å². The van der Waals surface area contributed by atoms with Gasteiger partial charge in [0.15, 0.2) is 0 Å². The lowest BCUT2D eigenvalue weighted by Crippen LogP contribution is -2.27. The zero-order valence-electron chi connectivity index (χ0n) is 11.6. The van der Waals surface area contributed by atoms with Crippen LogP contribution < -0.4 is 5.56 Å². The molecule has 22 heavy (non-hydrogen) atoms. The number of carboxylic acid groups (broad SMARTS) is 1. The van der Waals surface area contributed by atoms with Crippen LogP contribution in [0.1, 0.15) is 15.9 Å². The maximum absolute atomic E-state index is 12.5. The Labute approximate surface area is 130 Å². The van der Waals surface area contributed by atoms with Gasteiger partial charge in [-0.1, -0.05) is 36.4 Å². The molecule has 0 aliphatic heterocycles. The van der Waals surface area contributed by atoms with Crippen molar-refractivity contribution in [2.45, 2.75) is 6.54 Å². The lowest BCUT2D eigenvalue weighted by molar-refractivity contribution is 0.0694. The first kappa shape index (κ1) is 14.3. The second kappa shape index (κ2) is 5.99. The van der Waals surface area contributed by atoms with Crippen molar-refractivity contribution in [1.29, 1.82) is 0 Å². The van der Waals surface area contributed by atoms with Gasteiger partial charge in [0.1, 0.15) is 5.56 Å². The van der Waals surface area contributed by atoms with Crippen molar-refractivity contribution in [1.82, 2.24) is 4.57 Å². The average molecular weight is 311 g/mol. The maximum Gasteiger partial charge on any atom is 0.341 e. The lowest BCUT2D eigenvalue weighted by Gasteiger charge is -2.13. The summed E-state index contributed by atoms with van der Waals surface area (Å²) in [4.78, 5) is 24.7. The number of thiophene rings is 1. The number of nitrogens with zero attached hydrogens (tertiary/aromatic N) is 1. The van der Waals surface area contributed by atoms with Gasteiger partial charge in [-0.3, -0.25) is 4.79 Å². The van der Waals surface area contributed by atoms with Crippen LogP contribution in [0.5, 0.6) is 0 Å². The number of carbonyl (C=O) groups is 1. The van der Waals surface area contributed by atoms with Crippen LogP contribution in [-0.4, -0.2) is 15.6 Å². The first-order valence-corrected chi connectivity index (χ1v) is 7.60. The Morgan fingerprint density at radius 3 is 2.45 bits per heavy atom. The first-order chi connectivity index (χ1) is 10.7. The van der Waals surface area contributed by atoms with Gasteiger partial charge in [0.25, 0.3) is 5.56 Å². The Bertz CT molecular complexity index is 851. The summed E-state index contributed by atoms with van der Waals surface area (Å²) >= 11 is 1.52. The molecule has 3 aromatic rings. The molecule has 1 aromatic carbocycles. The molecule has 3 rings (SSSR count). The van der Waals surface area contributed by atoms with E-state index in [0.29, 0.717) is 6.54 Å². The molecule has 0 amide bonds. The first-order valence-electron chi connectivity index (χ1n) is 6.72. The van der Waals surface area contributed by atoms with E-state index in [1.54, 1.807) is 6.07 Å². The number of hydrogen-bond donors (Lipinski definition) is 1. The van der Waals surface area contributed by atoms with E-state index >= 15 is 0 Å². The molecule has 4 nitrogen and oxygen atoms in total. The molecule has 0 spiro atoms. The Morgan fingerprint density at radius 1 is 1.05 bits per heavy atom. The normalized spacial score (nSPS) is 10.5. The summed E-state index contributed by atoms with van der Waals surface area (Å²) in [5.41, 5.74) is 0.984. The van der Waals surface area contributed by atoms with E-state index in [0.717, 1.165) is 16.1 Å². The molecule has 1 N–H and O–H groups in total. The number of carboxylic acids is 1. The van der Waals surface area contributed by atoms with Crippen LogP contribution in [0, 0.1) is 0 Å². The Hall–Kier alpha value is -2.66. The van der Waals surface area contributed by atoms with Gasteiger partial charge >= 0.3 is 5.97 Å². The highest BCUT2D eigenvalue weighted by Crippen LogP contribution is 2.24. The molecule has 0 fully saturated rings. The molecule has 110 valence electrons. The van der Waals surface area contributed by atoms with Crippen LogP contribution in [0.3, 0.4) is 0 Å². The molecule has 0 bridgehead atoms. The van der Waals surface area contributed by atoms with Gasteiger partial charge in [-0.15, -0.1) is 11.3 Å². The van der Waals surface area contributed by atoms with Gasteiger partial charge in [-0.2, -0.15) is 0 Å². The quantitative estimate of drug-likeness (QED) is 0.804. The fourth-order valence-electron chi connectivity index (χ4n) is 2.30. The number of pyridine rings is 1. The predicted molar refractivity (Wildman–Crippen MR) is 86.5 cm³/mol. The highest BCUT2D eigenvalue weighted by Gasteiger charge is 2.15. The third kappa shape index (κ3) is 2.71. The second-order valence-corrected chi connectivity index (χ2v) is 5.74. The molecule has 0 atom stereocenters. The van der Waals surface area contributed by atoms with Gasteiger partial charge in [-0.25, -0.2) is 4.79 Å². The fourth-order valence-corrected chi connectivity index (χ4v) is 3.06. The standard InChI is InChI=1S/C17H13NO3S/c19-16-13(17(20)21)8-9-14(15-7-4-10-22-15)18(16)11-12-5-2-1-3-6-12/h1-10H,11H2,(H,20,21). The van der Waals surface area contributed by atoms with Crippen molar-refractivity contribution in [2.24, 2.45) is 0 Å². The van der Waals surface area contributed by atoms with Crippen LogP contribution in [0.2, 0.25) is 0 Å². The number of benzene rings is 1. The molecular formula is C17H13NO3S. The van der Waals surface area contributed by atoms with E-state index in [9.17, 15) is 9.59 Å². The van der Waals surface area contributed by atoms with Crippen LogP contribution >= 0.6 is 11.3 Å². The minimum Gasteiger partial charge on any atom is -0.477 e. The molecule has 0 unspecified atom stereocenters. The van der Waals surface area contributed by atoms with Gasteiger partial charge in [0, 0.05) is 0 Å². The molecule has 5 heteroatoms. The van der Waals surface area contributed by atoms with E-state index in [1.807, 2.05) is 47.8 Å². The van der Waals surface area contributed by atoms with Crippen LogP contribution in [0.4, 0.5) is 0 Å². The molecule has 0 saturated heterocycles. The van der Waals surface area contributed by atoms with Crippen molar-refractivity contribution in [3.05, 3.63) is 81.5 Å². The molecule has 2 aromatic heterocycles. The van der Waals surface area contributed by atoms with Crippen LogP contribution in [-0.2, 0) is 6.54 Å². The Morgan fingerprint density at radius 2 is 1.82 bits per heavy atom. The summed E-state index contributed by atoms with van der Waals surface area (Å²) in [6.45, 7) is 0.341. The van der Waals surface area contributed by atoms with Gasteiger partial charge in [-0.05, 0) is 29.1 Å². The van der Waals surface area contributed by atoms with Crippen molar-refractivity contribution in [2.75, 3.05) is 0 Å². The van der Waals surface area contributed by atoms with E-state index in [1.165, 1.54) is 22.0 Å². The predicted octanol–water partition coefficient (Wildman–Crippen LogP) is 3.32. The van der Waals surface area contributed by atoms with E-state index in [2.05, 4.69) is 0 Å². The highest BCUT2D eigenvalue weighted by atomic mass is 32.1. The summed E-state index contributed by atoms with van der Waals surface area (Å²) < 4.78 is 1.52. The van der Waals surface area contributed by atoms with E-state index < -0.39 is 11.5 Å². The van der Waals surface area contributed by atoms with Crippen molar-refractivity contribution >= 4 is 17.3 Å². The molecule has 0 saturated carbocycles. The fraction of sp³-hybridized carbons (Fsp3) is 0.0588. The zero-order valence-corrected chi connectivity index (χ0v) is 12.4. The summed E-state index contributed by atoms with van der Waals surface area (Å²) in [5, 5.41) is 11.1. The number of aromatic carboxylic acids is 1. The summed E-state index contributed by atoms with van der Waals surface area (Å²) in [5.74, 6) is -1.20. The Balaban J connectivity index is 2.17. The summed E-state index contributed by atoms with van der Waals surface area (Å²) in [7, 11) is 0. The molecule has 2 heterocycles. The number of aromatic nitrogens is 1. The smallest absolute Gasteiger partial charge is 0.341 e. The topological polar surface area (TPSA) is 59.3 Å². The third-order valence-electron chi connectivity index (χ3n) is 3.36. The third-order valence-corrected chi connectivity index (χ3v) is 4.25. The van der Waals surface area contributed by atoms with E-state index in [-0.39, 0.29) is 5.56 Å². The number of hydrogen-bond acceptors (Lipinski definition) is 3. The van der Waals surface area contributed by atoms with Crippen molar-refractivity contribution < 1.29 is 9.90 Å². The van der Waals surface area contributed by atoms with Gasteiger partial charge in [0.05, 0.1) is 17.1 Å². The second-order valence-electron chi connectivity index (χ2n) is 4.79. The Kier molecular flexibility index (Phi) is 3.89. The van der Waals surface area contributed by atoms with Gasteiger partial charge < -0.3 is 9.67 Å². The average Bonchev–Trinajstić information content (AvgIpc) is 3.04. The zero-order chi connectivity index (χ0) is 15.5. The minimum atomic E-state index is -1.20. The lowest BCUT2D eigenvalue weighted by atomic mass is 10.1. The maximum atomic E-state index is 12.5. The number of rotatable bonds is 4. The van der Waals surface area contributed by atoms with Crippen LogP contribution in [0.15, 0.2) is 64.8 Å². The summed E-state index contributed by atoms with van der Waals surface area (Å²) in [6.07, 6.45) is 0. The summed E-state index contributed by atoms with van der Waals surface area (Å²) in [6, 6.07) is 16.4. The molecular weight excluding hydrogens is 298 g/mol. The molecule has 0 radical (unpaired) electrons. The largest absolute Gasteiger partial charge is 0.477 e. The monoisotopic (exact) mass is 311 g/mol. The van der Waals surface area contributed by atoms with Crippen molar-refractivity contribution in [3.63, 3.8) is 0 Å². The van der Waals surface area contributed by atoms with Crippen LogP contribution in [0.25, 0.3) is 10.6 Å². The SMILES string of the molecule is O=C(O)c1ccc(-c2cccs2)n(Cc2ccccc2)c1=O. The molecule has 0 aliphatic carbocycles. The van der Waals surface area contributed by atoms with Crippen molar-refractivity contribution in [3.8, 4) is 10.6 Å². The van der Waals surface area contributed by atoms with E-state index in [4.69, 9.17) is 5.11 Å². The minimum absolute atomic E-state index is 0.212.